The molecule has 1 saturated carbocycles. The molecule has 16 nitrogen and oxygen atoms in total. The molecular formula is C41H50F3N13O3. The predicted octanol–water partition coefficient (Wildman–Crippen LogP) is 4.71. The molecule has 9 rings (SSSR count). The third-order valence-electron chi connectivity index (χ3n) is 12.7. The van der Waals surface area contributed by atoms with Crippen molar-refractivity contribution in [1.82, 2.24) is 44.4 Å². The van der Waals surface area contributed by atoms with Crippen molar-refractivity contribution in [3.8, 4) is 0 Å². The summed E-state index contributed by atoms with van der Waals surface area (Å²) >= 11 is 0. The second-order valence-corrected chi connectivity index (χ2v) is 16.9. The van der Waals surface area contributed by atoms with Crippen LogP contribution in [0.3, 0.4) is 0 Å². The lowest BCUT2D eigenvalue weighted by Crippen LogP contribution is -2.48. The summed E-state index contributed by atoms with van der Waals surface area (Å²) < 4.78 is 47.6. The number of alkyl halides is 3. The van der Waals surface area contributed by atoms with Crippen LogP contribution in [0.5, 0.6) is 0 Å². The van der Waals surface area contributed by atoms with E-state index in [1.165, 1.54) is 16.9 Å². The van der Waals surface area contributed by atoms with Crippen molar-refractivity contribution in [3.63, 3.8) is 0 Å². The summed E-state index contributed by atoms with van der Waals surface area (Å²) in [5, 5.41) is 22.8. The number of nitrogens with two attached hydrogens (primary N) is 1. The standard InChI is InChI=1S/C41H50F3N13O3/c1-53-33-17-27(4-7-29(33)36(51-53)30-8-9-35(58)50-40(30)59)47-26-10-13-54(14-11-26)19-23-2-5-28(6-3-23)57-22-32(37(52-57)38(43)44)48-41(60)31-18-46-56-15-12-34(49-39(31)56)55-20-24(42)16-25(45)21-55/h4,7,12,15,17-18,22-26,28,30,38,47H,2-3,5-6,8-11,13-14,16,19-21,45H2,1H3,(H,48,60)(H,50,58,59)/t23?,24-,25+,28?,30?/m0/s1. The fraction of sp³-hybridized carbons (Fsp3) is 0.537. The Hall–Kier alpha value is -5.56. The molecule has 1 aliphatic carbocycles. The molecule has 318 valence electrons. The monoisotopic (exact) mass is 829 g/mol. The van der Waals surface area contributed by atoms with Crippen LogP contribution in [0.25, 0.3) is 16.6 Å². The second-order valence-electron chi connectivity index (χ2n) is 16.9. The second kappa shape index (κ2) is 16.5. The van der Waals surface area contributed by atoms with Gasteiger partial charge in [0.05, 0.1) is 41.6 Å². The van der Waals surface area contributed by atoms with E-state index in [4.69, 9.17) is 5.73 Å². The van der Waals surface area contributed by atoms with Gasteiger partial charge in [0.2, 0.25) is 11.8 Å². The van der Waals surface area contributed by atoms with Gasteiger partial charge in [-0.2, -0.15) is 15.3 Å². The predicted molar refractivity (Wildman–Crippen MR) is 218 cm³/mol. The number of rotatable bonds is 10. The summed E-state index contributed by atoms with van der Waals surface area (Å²) in [4.78, 5) is 46.5. The minimum absolute atomic E-state index is 0.0522. The molecule has 4 fully saturated rings. The number of aromatic nitrogens is 7. The van der Waals surface area contributed by atoms with Crippen molar-refractivity contribution in [3.05, 3.63) is 59.8 Å². The third-order valence-corrected chi connectivity index (χ3v) is 12.7. The van der Waals surface area contributed by atoms with Crippen LogP contribution in [-0.4, -0.2) is 108 Å². The number of aryl methyl sites for hydroxylation is 1. The van der Waals surface area contributed by atoms with Crippen LogP contribution in [0.4, 0.5) is 30.4 Å². The first-order valence-electron chi connectivity index (χ1n) is 20.9. The van der Waals surface area contributed by atoms with Crippen LogP contribution in [-0.2, 0) is 16.6 Å². The molecule has 0 spiro atoms. The van der Waals surface area contributed by atoms with Crippen LogP contribution in [0.2, 0.25) is 0 Å². The van der Waals surface area contributed by atoms with E-state index in [1.54, 1.807) is 26.5 Å². The number of nitrogens with zero attached hydrogens (tertiary/aromatic N) is 9. The van der Waals surface area contributed by atoms with Gasteiger partial charge in [0, 0.05) is 75.2 Å². The summed E-state index contributed by atoms with van der Waals surface area (Å²) in [5.74, 6) is -0.672. The summed E-state index contributed by atoms with van der Waals surface area (Å²) in [6, 6.07) is 7.72. The Bertz CT molecular complexity index is 2390. The maximum atomic E-state index is 14.3. The van der Waals surface area contributed by atoms with E-state index in [0.717, 1.165) is 74.7 Å². The topological polar surface area (TPSA) is 186 Å². The average Bonchev–Trinajstić information content (AvgIpc) is 3.94. The van der Waals surface area contributed by atoms with E-state index in [1.807, 2.05) is 19.2 Å². The molecule has 3 aliphatic heterocycles. The first-order valence-corrected chi connectivity index (χ1v) is 20.9. The number of benzene rings is 1. The number of hydrogen-bond donors (Lipinski definition) is 4. The molecule has 0 radical (unpaired) electrons. The number of fused-ring (bicyclic) bond motifs is 2. The van der Waals surface area contributed by atoms with Crippen LogP contribution < -0.4 is 26.6 Å². The SMILES string of the molecule is Cn1nc(C2CCC(=O)NC2=O)c2ccc(NC3CCN(CC4CCC(n5cc(NC(=O)c6cnn7ccc(N8C[C@H](N)C[C@H](F)C8)nc67)c(C(F)F)n5)CC4)CC3)cc21. The molecule has 4 aliphatic rings. The van der Waals surface area contributed by atoms with Crippen LogP contribution in [0.15, 0.2) is 42.9 Å². The lowest BCUT2D eigenvalue weighted by atomic mass is 9.85. The minimum Gasteiger partial charge on any atom is -0.382 e. The maximum Gasteiger partial charge on any atom is 0.284 e. The highest BCUT2D eigenvalue weighted by molar-refractivity contribution is 6.08. The molecule has 3 atom stereocenters. The van der Waals surface area contributed by atoms with Crippen molar-refractivity contribution >= 4 is 51.5 Å². The van der Waals surface area contributed by atoms with Gasteiger partial charge in [-0.1, -0.05) is 0 Å². The van der Waals surface area contributed by atoms with Crippen molar-refractivity contribution < 1.29 is 27.6 Å². The number of nitrogens with one attached hydrogen (secondary N) is 3. The quantitative estimate of drug-likeness (QED) is 0.143. The van der Waals surface area contributed by atoms with Crippen molar-refractivity contribution in [2.24, 2.45) is 18.7 Å². The van der Waals surface area contributed by atoms with E-state index in [9.17, 15) is 27.6 Å². The summed E-state index contributed by atoms with van der Waals surface area (Å²) in [6.07, 6.45) is 6.99. The number of halogens is 3. The summed E-state index contributed by atoms with van der Waals surface area (Å²) in [6.45, 7) is 3.48. The fourth-order valence-electron chi connectivity index (χ4n) is 9.54. The average molecular weight is 830 g/mol. The highest BCUT2D eigenvalue weighted by atomic mass is 19.3. The summed E-state index contributed by atoms with van der Waals surface area (Å²) in [5.41, 5.74) is 8.45. The smallest absolute Gasteiger partial charge is 0.284 e. The normalized spacial score (nSPS) is 24.7. The van der Waals surface area contributed by atoms with Gasteiger partial charge in [-0.3, -0.25) is 29.1 Å². The van der Waals surface area contributed by atoms with Crippen molar-refractivity contribution in [2.75, 3.05) is 48.3 Å². The number of likely N-dealkylation sites (tertiary alicyclic amines) is 1. The molecule has 1 unspecified atom stereocenters. The van der Waals surface area contributed by atoms with Gasteiger partial charge in [0.15, 0.2) is 11.3 Å². The molecule has 3 saturated heterocycles. The van der Waals surface area contributed by atoms with Crippen molar-refractivity contribution in [1.29, 1.82) is 0 Å². The van der Waals surface area contributed by atoms with Crippen LogP contribution in [0.1, 0.15) is 97.9 Å². The number of piperidine rings is 3. The van der Waals surface area contributed by atoms with Gasteiger partial charge in [-0.15, -0.1) is 0 Å². The largest absolute Gasteiger partial charge is 0.382 e. The van der Waals surface area contributed by atoms with E-state index in [2.05, 4.69) is 47.2 Å². The van der Waals surface area contributed by atoms with Crippen LogP contribution >= 0.6 is 0 Å². The Kier molecular flexibility index (Phi) is 11.0. The third kappa shape index (κ3) is 8.16. The number of carbonyl (C=O) groups is 3. The first kappa shape index (κ1) is 39.9. The Morgan fingerprint density at radius 1 is 1.03 bits per heavy atom. The van der Waals surface area contributed by atoms with E-state index in [0.29, 0.717) is 42.9 Å². The summed E-state index contributed by atoms with van der Waals surface area (Å²) in [7, 11) is 1.87. The number of imide groups is 1. The highest BCUT2D eigenvalue weighted by Crippen LogP contribution is 2.36. The molecular weight excluding hydrogens is 780 g/mol. The maximum absolute atomic E-state index is 14.3. The van der Waals surface area contributed by atoms with Gasteiger partial charge >= 0.3 is 0 Å². The van der Waals surface area contributed by atoms with Gasteiger partial charge in [0.1, 0.15) is 17.6 Å². The first-order chi connectivity index (χ1) is 28.9. The zero-order valence-corrected chi connectivity index (χ0v) is 33.4. The Labute approximate surface area is 344 Å². The van der Waals surface area contributed by atoms with Crippen LogP contribution in [0, 0.1) is 5.92 Å². The Morgan fingerprint density at radius 3 is 2.58 bits per heavy atom. The zero-order chi connectivity index (χ0) is 41.7. The number of carbonyl (C=O) groups excluding carboxylic acids is 3. The number of amides is 3. The molecule has 4 aromatic heterocycles. The van der Waals surface area contributed by atoms with Gasteiger partial charge in [-0.25, -0.2) is 22.7 Å². The van der Waals surface area contributed by atoms with Gasteiger partial charge in [-0.05, 0) is 81.5 Å². The molecule has 7 heterocycles. The lowest BCUT2D eigenvalue weighted by Gasteiger charge is -2.37. The van der Waals surface area contributed by atoms with Gasteiger partial charge < -0.3 is 26.2 Å². The molecule has 3 amide bonds. The van der Waals surface area contributed by atoms with Gasteiger partial charge in [0.25, 0.3) is 12.3 Å². The zero-order valence-electron chi connectivity index (χ0n) is 33.4. The molecule has 60 heavy (non-hydrogen) atoms. The number of anilines is 3. The molecule has 19 heteroatoms. The molecule has 5 N–H and O–H groups in total. The number of hydrogen-bond acceptors (Lipinski definition) is 11. The lowest BCUT2D eigenvalue weighted by molar-refractivity contribution is -0.134. The van der Waals surface area contributed by atoms with E-state index in [-0.39, 0.29) is 53.8 Å². The Balaban J connectivity index is 0.770. The van der Waals surface area contributed by atoms with E-state index >= 15 is 0 Å². The van der Waals surface area contributed by atoms with E-state index < -0.39 is 30.1 Å². The minimum atomic E-state index is -2.89. The Morgan fingerprint density at radius 2 is 1.83 bits per heavy atom. The highest BCUT2D eigenvalue weighted by Gasteiger charge is 2.33. The molecule has 1 aromatic carbocycles. The molecule has 0 bridgehead atoms. The molecule has 5 aromatic rings. The fourth-order valence-corrected chi connectivity index (χ4v) is 9.54. The van der Waals surface area contributed by atoms with Crippen molar-refractivity contribution in [2.45, 2.75) is 94.4 Å².